The molecule has 2 fully saturated rings. The van der Waals surface area contributed by atoms with Gasteiger partial charge in [-0.15, -0.1) is 0 Å². The van der Waals surface area contributed by atoms with Crippen LogP contribution < -0.4 is 5.32 Å². The molecule has 2 aliphatic rings. The Bertz CT molecular complexity index is 739. The number of benzene rings is 1. The lowest BCUT2D eigenvalue weighted by Gasteiger charge is -2.37. The molecule has 0 aromatic heterocycles. The van der Waals surface area contributed by atoms with E-state index in [-0.39, 0.29) is 17.7 Å². The summed E-state index contributed by atoms with van der Waals surface area (Å²) in [5, 5.41) is 3.16. The molecule has 0 aliphatic carbocycles. The van der Waals surface area contributed by atoms with Gasteiger partial charge in [-0.1, -0.05) is 43.7 Å². The van der Waals surface area contributed by atoms with Crippen molar-refractivity contribution in [3.05, 3.63) is 35.9 Å². The van der Waals surface area contributed by atoms with Gasteiger partial charge in [0.2, 0.25) is 15.9 Å². The third-order valence-corrected chi connectivity index (χ3v) is 7.75. The maximum atomic E-state index is 13.0. The Hall–Kier alpha value is -1.44. The van der Waals surface area contributed by atoms with E-state index in [2.05, 4.69) is 22.3 Å². The fourth-order valence-electron chi connectivity index (χ4n) is 4.33. The number of nitrogens with zero attached hydrogens (tertiary/aromatic N) is 2. The third-order valence-electron chi connectivity index (χ3n) is 5.68. The first kappa shape index (κ1) is 21.3. The van der Waals surface area contributed by atoms with Gasteiger partial charge in [-0.2, -0.15) is 4.31 Å². The van der Waals surface area contributed by atoms with Gasteiger partial charge in [0.1, 0.15) is 6.04 Å². The molecular weight excluding hydrogens is 374 g/mol. The van der Waals surface area contributed by atoms with Gasteiger partial charge in [0.15, 0.2) is 0 Å². The minimum Gasteiger partial charge on any atom is -0.351 e. The van der Waals surface area contributed by atoms with Crippen LogP contribution in [0.2, 0.25) is 0 Å². The summed E-state index contributed by atoms with van der Waals surface area (Å²) in [4.78, 5) is 15.3. The second-order valence-corrected chi connectivity index (χ2v) is 10.0. The van der Waals surface area contributed by atoms with Crippen molar-refractivity contribution in [1.82, 2.24) is 14.5 Å². The molecule has 1 aromatic carbocycles. The Morgan fingerprint density at radius 1 is 1.11 bits per heavy atom. The summed E-state index contributed by atoms with van der Waals surface area (Å²) < 4.78 is 26.6. The lowest BCUT2D eigenvalue weighted by molar-refractivity contribution is -0.126. The van der Waals surface area contributed by atoms with Crippen LogP contribution in [0.3, 0.4) is 0 Å². The van der Waals surface area contributed by atoms with Gasteiger partial charge in [-0.25, -0.2) is 8.42 Å². The zero-order valence-corrected chi connectivity index (χ0v) is 17.7. The van der Waals surface area contributed by atoms with E-state index < -0.39 is 16.1 Å². The van der Waals surface area contributed by atoms with Crippen LogP contribution in [0.4, 0.5) is 0 Å². The summed E-state index contributed by atoms with van der Waals surface area (Å²) in [5.41, 5.74) is 1.28. The van der Waals surface area contributed by atoms with E-state index in [0.29, 0.717) is 19.4 Å². The average molecular weight is 408 g/mol. The highest BCUT2D eigenvalue weighted by atomic mass is 32.2. The Kier molecular flexibility index (Phi) is 7.48. The van der Waals surface area contributed by atoms with E-state index in [9.17, 15) is 13.2 Å². The topological polar surface area (TPSA) is 69.7 Å². The Morgan fingerprint density at radius 3 is 2.64 bits per heavy atom. The van der Waals surface area contributed by atoms with E-state index in [4.69, 9.17) is 0 Å². The average Bonchev–Trinajstić information content (AvgIpc) is 2.69. The van der Waals surface area contributed by atoms with Crippen LogP contribution in [-0.2, 0) is 21.4 Å². The van der Waals surface area contributed by atoms with Crippen molar-refractivity contribution in [3.8, 4) is 0 Å². The fourth-order valence-corrected chi connectivity index (χ4v) is 6.08. The van der Waals surface area contributed by atoms with Gasteiger partial charge in [-0.05, 0) is 44.2 Å². The molecule has 1 aromatic rings. The normalized spacial score (nSPS) is 24.8. The second kappa shape index (κ2) is 9.85. The van der Waals surface area contributed by atoms with Gasteiger partial charge in [0, 0.05) is 25.7 Å². The predicted octanol–water partition coefficient (Wildman–Crippen LogP) is 2.36. The molecule has 0 bridgehead atoms. The summed E-state index contributed by atoms with van der Waals surface area (Å²) in [6, 6.07) is 9.91. The number of sulfonamides is 1. The lowest BCUT2D eigenvalue weighted by Crippen LogP contribution is -2.56. The van der Waals surface area contributed by atoms with E-state index in [1.54, 1.807) is 0 Å². The fraction of sp³-hybridized carbons (Fsp3) is 0.667. The van der Waals surface area contributed by atoms with Crippen LogP contribution in [0.1, 0.15) is 51.0 Å². The Balaban J connectivity index is 1.59. The first-order chi connectivity index (χ1) is 13.5. The van der Waals surface area contributed by atoms with Crippen molar-refractivity contribution in [3.63, 3.8) is 0 Å². The van der Waals surface area contributed by atoms with Crippen LogP contribution in [0, 0.1) is 0 Å². The number of carbonyl (C=O) groups excluding carboxylic acids is 1. The molecule has 0 saturated carbocycles. The van der Waals surface area contributed by atoms with E-state index in [0.717, 1.165) is 45.3 Å². The van der Waals surface area contributed by atoms with Crippen molar-refractivity contribution in [1.29, 1.82) is 0 Å². The SMILES string of the molecule is CCCS(=O)(=O)N1CCCCC1C(=O)NC1CCCN(Cc2ccccc2)C1. The molecule has 0 radical (unpaired) electrons. The molecule has 156 valence electrons. The molecule has 2 aliphatic heterocycles. The Morgan fingerprint density at radius 2 is 1.89 bits per heavy atom. The molecule has 2 unspecified atom stereocenters. The number of piperidine rings is 2. The van der Waals surface area contributed by atoms with Crippen LogP contribution in [-0.4, -0.2) is 61.0 Å². The number of amides is 1. The molecule has 0 spiro atoms. The Labute approximate surface area is 169 Å². The monoisotopic (exact) mass is 407 g/mol. The highest BCUT2D eigenvalue weighted by Gasteiger charge is 2.37. The van der Waals surface area contributed by atoms with Crippen molar-refractivity contribution in [2.75, 3.05) is 25.4 Å². The second-order valence-electron chi connectivity index (χ2n) is 8.01. The summed E-state index contributed by atoms with van der Waals surface area (Å²) in [5.74, 6) is -0.00337. The largest absolute Gasteiger partial charge is 0.351 e. The van der Waals surface area contributed by atoms with Gasteiger partial charge in [0.05, 0.1) is 5.75 Å². The quantitative estimate of drug-likeness (QED) is 0.753. The third kappa shape index (κ3) is 5.55. The first-order valence-corrected chi connectivity index (χ1v) is 12.2. The molecule has 1 N–H and O–H groups in total. The zero-order chi connectivity index (χ0) is 20.0. The number of nitrogens with one attached hydrogen (secondary N) is 1. The molecule has 28 heavy (non-hydrogen) atoms. The zero-order valence-electron chi connectivity index (χ0n) is 16.8. The van der Waals surface area contributed by atoms with Gasteiger partial charge in [-0.3, -0.25) is 9.69 Å². The smallest absolute Gasteiger partial charge is 0.238 e. The van der Waals surface area contributed by atoms with Crippen molar-refractivity contribution in [2.24, 2.45) is 0 Å². The molecule has 7 heteroatoms. The number of carbonyl (C=O) groups is 1. The number of hydrogen-bond donors (Lipinski definition) is 1. The lowest BCUT2D eigenvalue weighted by atomic mass is 10.0. The van der Waals surface area contributed by atoms with Crippen molar-refractivity contribution in [2.45, 2.75) is 64.1 Å². The number of rotatable bonds is 7. The van der Waals surface area contributed by atoms with E-state index in [1.165, 1.54) is 9.87 Å². The van der Waals surface area contributed by atoms with Gasteiger partial charge < -0.3 is 5.32 Å². The molecule has 2 atom stereocenters. The highest BCUT2D eigenvalue weighted by Crippen LogP contribution is 2.22. The summed E-state index contributed by atoms with van der Waals surface area (Å²) in [6.45, 7) is 5.05. The molecule has 3 rings (SSSR count). The van der Waals surface area contributed by atoms with Crippen LogP contribution >= 0.6 is 0 Å². The predicted molar refractivity (Wildman–Crippen MR) is 111 cm³/mol. The van der Waals surface area contributed by atoms with Gasteiger partial charge >= 0.3 is 0 Å². The summed E-state index contributed by atoms with van der Waals surface area (Å²) in [7, 11) is -3.36. The first-order valence-electron chi connectivity index (χ1n) is 10.6. The molecule has 2 saturated heterocycles. The summed E-state index contributed by atoms with van der Waals surface area (Å²) >= 11 is 0. The van der Waals surface area contributed by atoms with Crippen molar-refractivity contribution < 1.29 is 13.2 Å². The van der Waals surface area contributed by atoms with E-state index in [1.807, 2.05) is 25.1 Å². The molecular formula is C21H33N3O3S. The standard InChI is InChI=1S/C21H33N3O3S/c1-2-15-28(26,27)24-14-7-6-12-20(24)21(25)22-19-11-8-13-23(17-19)16-18-9-4-3-5-10-18/h3-5,9-10,19-20H,2,6-8,11-17H2,1H3,(H,22,25). The van der Waals surface area contributed by atoms with Crippen molar-refractivity contribution >= 4 is 15.9 Å². The van der Waals surface area contributed by atoms with E-state index >= 15 is 0 Å². The minimum atomic E-state index is -3.36. The van der Waals surface area contributed by atoms with Crippen LogP contribution in [0.5, 0.6) is 0 Å². The molecule has 2 heterocycles. The number of hydrogen-bond acceptors (Lipinski definition) is 4. The van der Waals surface area contributed by atoms with Gasteiger partial charge in [0.25, 0.3) is 0 Å². The maximum Gasteiger partial charge on any atom is 0.238 e. The highest BCUT2D eigenvalue weighted by molar-refractivity contribution is 7.89. The minimum absolute atomic E-state index is 0.0858. The van der Waals surface area contributed by atoms with Crippen LogP contribution in [0.25, 0.3) is 0 Å². The molecule has 6 nitrogen and oxygen atoms in total. The maximum absolute atomic E-state index is 13.0. The molecule has 1 amide bonds. The number of likely N-dealkylation sites (tertiary alicyclic amines) is 1. The summed E-state index contributed by atoms with van der Waals surface area (Å²) in [6.07, 6.45) is 4.92. The van der Waals surface area contributed by atoms with Crippen LogP contribution in [0.15, 0.2) is 30.3 Å².